The molecular formula is C17H30N4O3S. The molecule has 1 rings (SSSR count). The molecule has 0 bridgehead atoms. The van der Waals surface area contributed by atoms with Gasteiger partial charge in [-0.05, 0) is 25.3 Å². The number of guanidine groups is 1. The predicted octanol–water partition coefficient (Wildman–Crippen LogP) is 1.26. The second kappa shape index (κ2) is 11.8. The molecule has 1 unspecified atom stereocenters. The SMILES string of the molecule is CN=C(NCCCNS(C)(=O)=O)NCCCOC(C)c1ccccc1. The van der Waals surface area contributed by atoms with Crippen LogP contribution < -0.4 is 15.4 Å². The molecule has 25 heavy (non-hydrogen) atoms. The summed E-state index contributed by atoms with van der Waals surface area (Å²) < 4.78 is 30.2. The van der Waals surface area contributed by atoms with Gasteiger partial charge >= 0.3 is 0 Å². The molecule has 0 fully saturated rings. The fourth-order valence-electron chi connectivity index (χ4n) is 2.13. The van der Waals surface area contributed by atoms with Gasteiger partial charge in [0.1, 0.15) is 0 Å². The topological polar surface area (TPSA) is 91.8 Å². The fraction of sp³-hybridized carbons (Fsp3) is 0.588. The van der Waals surface area contributed by atoms with Crippen molar-refractivity contribution in [2.75, 3.05) is 39.5 Å². The summed E-state index contributed by atoms with van der Waals surface area (Å²) in [7, 11) is -1.41. The first kappa shape index (κ1) is 21.4. The first-order chi connectivity index (χ1) is 11.9. The number of nitrogens with zero attached hydrogens (tertiary/aromatic N) is 1. The maximum absolute atomic E-state index is 10.9. The van der Waals surface area contributed by atoms with Gasteiger partial charge in [-0.3, -0.25) is 4.99 Å². The molecule has 0 aliphatic rings. The smallest absolute Gasteiger partial charge is 0.208 e. The van der Waals surface area contributed by atoms with E-state index in [0.29, 0.717) is 32.1 Å². The van der Waals surface area contributed by atoms with Gasteiger partial charge in [-0.1, -0.05) is 30.3 Å². The molecule has 1 atom stereocenters. The van der Waals surface area contributed by atoms with Gasteiger partial charge in [0.2, 0.25) is 10.0 Å². The van der Waals surface area contributed by atoms with Crippen LogP contribution in [0.1, 0.15) is 31.4 Å². The fourth-order valence-corrected chi connectivity index (χ4v) is 2.65. The number of benzene rings is 1. The molecular weight excluding hydrogens is 340 g/mol. The van der Waals surface area contributed by atoms with Crippen LogP contribution in [0.2, 0.25) is 0 Å². The Bertz CT molecular complexity index is 606. The maximum atomic E-state index is 10.9. The number of hydrogen-bond acceptors (Lipinski definition) is 4. The summed E-state index contributed by atoms with van der Waals surface area (Å²) in [5.41, 5.74) is 1.18. The average Bonchev–Trinajstić information content (AvgIpc) is 2.59. The molecule has 0 amide bonds. The average molecular weight is 371 g/mol. The first-order valence-corrected chi connectivity index (χ1v) is 10.4. The molecule has 0 saturated heterocycles. The molecule has 0 saturated carbocycles. The third-order valence-electron chi connectivity index (χ3n) is 3.48. The van der Waals surface area contributed by atoms with Crippen molar-refractivity contribution in [3.05, 3.63) is 35.9 Å². The molecule has 0 spiro atoms. The summed E-state index contributed by atoms with van der Waals surface area (Å²) in [6, 6.07) is 10.1. The summed E-state index contributed by atoms with van der Waals surface area (Å²) in [4.78, 5) is 4.13. The zero-order valence-electron chi connectivity index (χ0n) is 15.3. The summed E-state index contributed by atoms with van der Waals surface area (Å²) in [6.07, 6.45) is 2.79. The highest BCUT2D eigenvalue weighted by Gasteiger charge is 2.04. The van der Waals surface area contributed by atoms with Gasteiger partial charge in [0.15, 0.2) is 5.96 Å². The van der Waals surface area contributed by atoms with Crippen molar-refractivity contribution in [1.29, 1.82) is 0 Å². The normalized spacial score (nSPS) is 13.5. The van der Waals surface area contributed by atoms with Crippen molar-refractivity contribution in [3.63, 3.8) is 0 Å². The van der Waals surface area contributed by atoms with Gasteiger partial charge in [0.25, 0.3) is 0 Å². The largest absolute Gasteiger partial charge is 0.374 e. The molecule has 0 radical (unpaired) electrons. The molecule has 0 aliphatic heterocycles. The summed E-state index contributed by atoms with van der Waals surface area (Å²) in [5, 5.41) is 6.35. The van der Waals surface area contributed by atoms with Gasteiger partial charge in [0.05, 0.1) is 12.4 Å². The third-order valence-corrected chi connectivity index (χ3v) is 4.21. The van der Waals surface area contributed by atoms with E-state index in [2.05, 4.69) is 32.5 Å². The third kappa shape index (κ3) is 10.8. The highest BCUT2D eigenvalue weighted by atomic mass is 32.2. The molecule has 1 aromatic rings. The Kier molecular flexibility index (Phi) is 10.1. The Morgan fingerprint density at radius 1 is 1.12 bits per heavy atom. The van der Waals surface area contributed by atoms with Gasteiger partial charge < -0.3 is 15.4 Å². The van der Waals surface area contributed by atoms with E-state index >= 15 is 0 Å². The standard InChI is InChI=1S/C17H30N4O3S/c1-15(16-9-5-4-6-10-16)24-14-8-12-20-17(18-2)19-11-7-13-21-25(3,22)23/h4-6,9-10,15,21H,7-8,11-14H2,1-3H3,(H2,18,19,20). The molecule has 0 heterocycles. The second-order valence-electron chi connectivity index (χ2n) is 5.72. The minimum Gasteiger partial charge on any atom is -0.374 e. The highest BCUT2D eigenvalue weighted by Crippen LogP contribution is 2.15. The van der Waals surface area contributed by atoms with E-state index in [1.165, 1.54) is 5.56 Å². The quantitative estimate of drug-likeness (QED) is 0.310. The second-order valence-corrected chi connectivity index (χ2v) is 7.56. The number of aliphatic imine (C=N–C) groups is 1. The molecule has 0 aromatic heterocycles. The van der Waals surface area contributed by atoms with E-state index in [0.717, 1.165) is 19.2 Å². The highest BCUT2D eigenvalue weighted by molar-refractivity contribution is 7.88. The number of rotatable bonds is 11. The van der Waals surface area contributed by atoms with Crippen LogP contribution in [0.25, 0.3) is 0 Å². The Labute approximate surface area is 151 Å². The van der Waals surface area contributed by atoms with Crippen LogP contribution >= 0.6 is 0 Å². The van der Waals surface area contributed by atoms with Crippen LogP contribution in [0.5, 0.6) is 0 Å². The Hall–Kier alpha value is -1.64. The van der Waals surface area contributed by atoms with Crippen LogP contribution in [-0.4, -0.2) is 53.9 Å². The van der Waals surface area contributed by atoms with Crippen LogP contribution in [0.4, 0.5) is 0 Å². The van der Waals surface area contributed by atoms with E-state index in [1.807, 2.05) is 25.1 Å². The lowest BCUT2D eigenvalue weighted by molar-refractivity contribution is 0.0646. The lowest BCUT2D eigenvalue weighted by Crippen LogP contribution is -2.39. The maximum Gasteiger partial charge on any atom is 0.208 e. The monoisotopic (exact) mass is 370 g/mol. The summed E-state index contributed by atoms with van der Waals surface area (Å²) in [5.74, 6) is 0.704. The molecule has 1 aromatic carbocycles. The molecule has 142 valence electrons. The van der Waals surface area contributed by atoms with Crippen molar-refractivity contribution in [3.8, 4) is 0 Å². The molecule has 8 heteroatoms. The van der Waals surface area contributed by atoms with E-state index in [1.54, 1.807) is 7.05 Å². The lowest BCUT2D eigenvalue weighted by atomic mass is 10.1. The van der Waals surface area contributed by atoms with Crippen molar-refractivity contribution in [2.45, 2.75) is 25.9 Å². The van der Waals surface area contributed by atoms with Gasteiger partial charge in [-0.15, -0.1) is 0 Å². The number of nitrogens with one attached hydrogen (secondary N) is 3. The van der Waals surface area contributed by atoms with Gasteiger partial charge in [-0.25, -0.2) is 13.1 Å². The van der Waals surface area contributed by atoms with E-state index < -0.39 is 10.0 Å². The number of sulfonamides is 1. The Balaban J connectivity index is 2.09. The van der Waals surface area contributed by atoms with E-state index in [9.17, 15) is 8.42 Å². The Morgan fingerprint density at radius 2 is 1.76 bits per heavy atom. The van der Waals surface area contributed by atoms with E-state index in [-0.39, 0.29) is 6.10 Å². The molecule has 7 nitrogen and oxygen atoms in total. The zero-order valence-corrected chi connectivity index (χ0v) is 16.1. The minimum absolute atomic E-state index is 0.0842. The Morgan fingerprint density at radius 3 is 2.36 bits per heavy atom. The minimum atomic E-state index is -3.12. The van der Waals surface area contributed by atoms with Crippen molar-refractivity contribution < 1.29 is 13.2 Å². The van der Waals surface area contributed by atoms with Crippen LogP contribution in [0.15, 0.2) is 35.3 Å². The first-order valence-electron chi connectivity index (χ1n) is 8.48. The van der Waals surface area contributed by atoms with Crippen LogP contribution in [0, 0.1) is 0 Å². The molecule has 0 aliphatic carbocycles. The number of ether oxygens (including phenoxy) is 1. The van der Waals surface area contributed by atoms with Gasteiger partial charge in [-0.2, -0.15) is 0 Å². The molecule has 3 N–H and O–H groups in total. The predicted molar refractivity (Wildman–Crippen MR) is 102 cm³/mol. The van der Waals surface area contributed by atoms with E-state index in [4.69, 9.17) is 4.74 Å². The van der Waals surface area contributed by atoms with Crippen molar-refractivity contribution >= 4 is 16.0 Å². The number of hydrogen-bond donors (Lipinski definition) is 3. The lowest BCUT2D eigenvalue weighted by Gasteiger charge is -2.15. The van der Waals surface area contributed by atoms with Crippen LogP contribution in [0.3, 0.4) is 0 Å². The zero-order chi connectivity index (χ0) is 18.5. The van der Waals surface area contributed by atoms with Crippen molar-refractivity contribution in [1.82, 2.24) is 15.4 Å². The summed E-state index contributed by atoms with van der Waals surface area (Å²) >= 11 is 0. The van der Waals surface area contributed by atoms with Crippen LogP contribution in [-0.2, 0) is 14.8 Å². The summed E-state index contributed by atoms with van der Waals surface area (Å²) in [6.45, 7) is 4.52. The van der Waals surface area contributed by atoms with Gasteiger partial charge in [0, 0.05) is 33.3 Å². The van der Waals surface area contributed by atoms with Crippen molar-refractivity contribution in [2.24, 2.45) is 4.99 Å².